The zero-order valence-corrected chi connectivity index (χ0v) is 11.3. The summed E-state index contributed by atoms with van der Waals surface area (Å²) in [6, 6.07) is 0.422. The summed E-state index contributed by atoms with van der Waals surface area (Å²) in [6.45, 7) is 2.88. The highest BCUT2D eigenvalue weighted by molar-refractivity contribution is 8.00. The summed E-state index contributed by atoms with van der Waals surface area (Å²) in [5, 5.41) is 14.9. The molecule has 0 bridgehead atoms. The van der Waals surface area contributed by atoms with Gasteiger partial charge >= 0.3 is 0 Å². The number of methoxy groups -OCH3 is 1. The lowest BCUT2D eigenvalue weighted by Gasteiger charge is -2.11. The molecule has 18 heavy (non-hydrogen) atoms. The minimum absolute atomic E-state index is 0.0256. The first kappa shape index (κ1) is 13.3. The molecule has 1 amide bonds. The predicted molar refractivity (Wildman–Crippen MR) is 66.3 cm³/mol. The van der Waals surface area contributed by atoms with Crippen LogP contribution in [0.5, 0.6) is 0 Å². The SMILES string of the molecule is COCCNC(=O)[C@@H](C)Sc1nnnn1C1CC1. The molecule has 0 aromatic carbocycles. The molecule has 1 saturated carbocycles. The van der Waals surface area contributed by atoms with Gasteiger partial charge in [-0.1, -0.05) is 11.8 Å². The summed E-state index contributed by atoms with van der Waals surface area (Å²) in [4.78, 5) is 11.8. The minimum Gasteiger partial charge on any atom is -0.383 e. The lowest BCUT2D eigenvalue weighted by Crippen LogP contribution is -2.33. The number of amides is 1. The second kappa shape index (κ2) is 6.14. The molecule has 1 fully saturated rings. The van der Waals surface area contributed by atoms with E-state index >= 15 is 0 Å². The number of nitrogens with zero attached hydrogens (tertiary/aromatic N) is 4. The Balaban J connectivity index is 1.84. The minimum atomic E-state index is -0.217. The van der Waals surface area contributed by atoms with Crippen LogP contribution in [0, 0.1) is 0 Å². The summed E-state index contributed by atoms with van der Waals surface area (Å²) < 4.78 is 6.69. The van der Waals surface area contributed by atoms with Crippen molar-refractivity contribution in [3.8, 4) is 0 Å². The number of carbonyl (C=O) groups is 1. The first-order chi connectivity index (χ1) is 8.72. The van der Waals surface area contributed by atoms with Crippen LogP contribution in [0.4, 0.5) is 0 Å². The fourth-order valence-electron chi connectivity index (χ4n) is 1.44. The Morgan fingerprint density at radius 3 is 3.11 bits per heavy atom. The number of tetrazole rings is 1. The molecular weight excluding hydrogens is 254 g/mol. The van der Waals surface area contributed by atoms with E-state index in [2.05, 4.69) is 20.8 Å². The Hall–Kier alpha value is -1.15. The van der Waals surface area contributed by atoms with Crippen molar-refractivity contribution in [1.29, 1.82) is 0 Å². The Labute approximate surface area is 110 Å². The number of rotatable bonds is 7. The smallest absolute Gasteiger partial charge is 0.233 e. The van der Waals surface area contributed by atoms with Crippen molar-refractivity contribution in [3.05, 3.63) is 0 Å². The maximum absolute atomic E-state index is 11.8. The van der Waals surface area contributed by atoms with Gasteiger partial charge in [0.1, 0.15) is 0 Å². The first-order valence-electron chi connectivity index (χ1n) is 5.93. The van der Waals surface area contributed by atoms with E-state index < -0.39 is 0 Å². The van der Waals surface area contributed by atoms with E-state index in [1.54, 1.807) is 7.11 Å². The maximum atomic E-state index is 11.8. The van der Waals surface area contributed by atoms with E-state index in [1.807, 2.05) is 11.6 Å². The third kappa shape index (κ3) is 3.42. The van der Waals surface area contributed by atoms with Crippen molar-refractivity contribution in [2.45, 2.75) is 36.2 Å². The van der Waals surface area contributed by atoms with Gasteiger partial charge in [0, 0.05) is 13.7 Å². The molecule has 1 heterocycles. The molecule has 0 spiro atoms. The first-order valence-corrected chi connectivity index (χ1v) is 6.81. The number of ether oxygens (including phenoxy) is 1. The lowest BCUT2D eigenvalue weighted by atomic mass is 10.4. The third-order valence-corrected chi connectivity index (χ3v) is 3.66. The molecule has 1 N–H and O–H groups in total. The topological polar surface area (TPSA) is 81.9 Å². The molecule has 0 radical (unpaired) electrons. The normalized spacial score (nSPS) is 16.6. The van der Waals surface area contributed by atoms with Gasteiger partial charge in [-0.25, -0.2) is 4.68 Å². The molecule has 100 valence electrons. The zero-order valence-electron chi connectivity index (χ0n) is 10.5. The average molecular weight is 271 g/mol. The van der Waals surface area contributed by atoms with Crippen LogP contribution in [0.15, 0.2) is 5.16 Å². The van der Waals surface area contributed by atoms with Crippen molar-refractivity contribution < 1.29 is 9.53 Å². The van der Waals surface area contributed by atoms with E-state index in [0.717, 1.165) is 12.8 Å². The van der Waals surface area contributed by atoms with Crippen molar-refractivity contribution in [1.82, 2.24) is 25.5 Å². The van der Waals surface area contributed by atoms with Gasteiger partial charge in [0.25, 0.3) is 0 Å². The number of nitrogens with one attached hydrogen (secondary N) is 1. The molecule has 0 saturated heterocycles. The molecule has 7 nitrogen and oxygen atoms in total. The number of aromatic nitrogens is 4. The van der Waals surface area contributed by atoms with Gasteiger partial charge in [0.05, 0.1) is 17.9 Å². The predicted octanol–water partition coefficient (Wildman–Crippen LogP) is 0.251. The van der Waals surface area contributed by atoms with Crippen LogP contribution < -0.4 is 5.32 Å². The molecule has 1 aliphatic rings. The highest BCUT2D eigenvalue weighted by Crippen LogP contribution is 2.37. The van der Waals surface area contributed by atoms with Gasteiger partial charge in [-0.15, -0.1) is 5.10 Å². The zero-order chi connectivity index (χ0) is 13.0. The van der Waals surface area contributed by atoms with Crippen LogP contribution in [-0.2, 0) is 9.53 Å². The lowest BCUT2D eigenvalue weighted by molar-refractivity contribution is -0.120. The Morgan fingerprint density at radius 2 is 2.44 bits per heavy atom. The number of thioether (sulfide) groups is 1. The average Bonchev–Trinajstić information content (AvgIpc) is 3.10. The van der Waals surface area contributed by atoms with Gasteiger partial charge in [-0.3, -0.25) is 4.79 Å². The van der Waals surface area contributed by atoms with Crippen LogP contribution in [0.25, 0.3) is 0 Å². The van der Waals surface area contributed by atoms with Crippen LogP contribution in [0.3, 0.4) is 0 Å². The molecule has 1 atom stereocenters. The van der Waals surface area contributed by atoms with Crippen molar-refractivity contribution in [3.63, 3.8) is 0 Å². The molecule has 8 heteroatoms. The highest BCUT2D eigenvalue weighted by Gasteiger charge is 2.29. The molecule has 0 unspecified atom stereocenters. The van der Waals surface area contributed by atoms with Gasteiger partial charge in [-0.2, -0.15) is 0 Å². The molecule has 1 aromatic heterocycles. The van der Waals surface area contributed by atoms with Gasteiger partial charge in [0.2, 0.25) is 11.1 Å². The van der Waals surface area contributed by atoms with Crippen molar-refractivity contribution in [2.24, 2.45) is 0 Å². The van der Waals surface area contributed by atoms with Gasteiger partial charge < -0.3 is 10.1 Å². The Kier molecular flexibility index (Phi) is 4.54. The largest absolute Gasteiger partial charge is 0.383 e. The summed E-state index contributed by atoms with van der Waals surface area (Å²) in [5.41, 5.74) is 0. The van der Waals surface area contributed by atoms with Crippen molar-refractivity contribution >= 4 is 17.7 Å². The third-order valence-electron chi connectivity index (χ3n) is 2.61. The van der Waals surface area contributed by atoms with E-state index in [0.29, 0.717) is 24.3 Å². The van der Waals surface area contributed by atoms with Gasteiger partial charge in [-0.05, 0) is 30.2 Å². The highest BCUT2D eigenvalue weighted by atomic mass is 32.2. The monoisotopic (exact) mass is 271 g/mol. The van der Waals surface area contributed by atoms with Crippen LogP contribution >= 0.6 is 11.8 Å². The molecular formula is C10H17N5O2S. The molecule has 1 aromatic rings. The molecule has 1 aliphatic carbocycles. The Bertz CT molecular complexity index is 407. The molecule has 2 rings (SSSR count). The second-order valence-electron chi connectivity index (χ2n) is 4.18. The van der Waals surface area contributed by atoms with E-state index in [4.69, 9.17) is 4.74 Å². The van der Waals surface area contributed by atoms with Gasteiger partial charge in [0.15, 0.2) is 0 Å². The van der Waals surface area contributed by atoms with E-state index in [-0.39, 0.29) is 11.2 Å². The fraction of sp³-hybridized carbons (Fsp3) is 0.800. The standard InChI is InChI=1S/C10H17N5O2S/c1-7(9(16)11-5-6-17-2)18-10-12-13-14-15(10)8-3-4-8/h7-8H,3-6H2,1-2H3,(H,11,16)/t7-/m1/s1. The molecule has 0 aliphatic heterocycles. The van der Waals surface area contributed by atoms with Crippen molar-refractivity contribution in [2.75, 3.05) is 20.3 Å². The summed E-state index contributed by atoms with van der Waals surface area (Å²) in [6.07, 6.45) is 2.24. The fourth-order valence-corrected chi connectivity index (χ4v) is 2.33. The Morgan fingerprint density at radius 1 is 1.67 bits per heavy atom. The summed E-state index contributed by atoms with van der Waals surface area (Å²) >= 11 is 1.39. The summed E-state index contributed by atoms with van der Waals surface area (Å²) in [7, 11) is 1.61. The number of hydrogen-bond donors (Lipinski definition) is 1. The van der Waals surface area contributed by atoms with Crippen LogP contribution in [-0.4, -0.2) is 51.6 Å². The number of carbonyl (C=O) groups excluding carboxylic acids is 1. The van der Waals surface area contributed by atoms with E-state index in [1.165, 1.54) is 11.8 Å². The van der Waals surface area contributed by atoms with Crippen LogP contribution in [0.1, 0.15) is 25.8 Å². The second-order valence-corrected chi connectivity index (χ2v) is 5.49. The van der Waals surface area contributed by atoms with Crippen LogP contribution in [0.2, 0.25) is 0 Å². The number of hydrogen-bond acceptors (Lipinski definition) is 6. The maximum Gasteiger partial charge on any atom is 0.233 e. The van der Waals surface area contributed by atoms with E-state index in [9.17, 15) is 4.79 Å². The quantitative estimate of drug-likeness (QED) is 0.565. The summed E-state index contributed by atoms with van der Waals surface area (Å²) in [5.74, 6) is -0.0256.